The molecule has 0 aliphatic carbocycles. The lowest BCUT2D eigenvalue weighted by molar-refractivity contribution is 0.305. The monoisotopic (exact) mass is 226 g/mol. The number of pyridine rings is 1. The van der Waals surface area contributed by atoms with Crippen LogP contribution >= 0.6 is 0 Å². The molecule has 0 bridgehead atoms. The van der Waals surface area contributed by atoms with Gasteiger partial charge in [-0.15, -0.1) is 0 Å². The van der Waals surface area contributed by atoms with Crippen LogP contribution in [0.4, 0.5) is 0 Å². The number of aryl methyl sites for hydroxylation is 1. The lowest BCUT2D eigenvalue weighted by atomic mass is 10.2. The van der Waals surface area contributed by atoms with Crippen molar-refractivity contribution in [3.05, 3.63) is 29.6 Å². The average Bonchev–Trinajstić information content (AvgIpc) is 2.15. The van der Waals surface area contributed by atoms with Crippen molar-refractivity contribution in [3.63, 3.8) is 0 Å². The predicted octanol–water partition coefficient (Wildman–Crippen LogP) is 0.760. The summed E-state index contributed by atoms with van der Waals surface area (Å²) in [5.41, 5.74) is 1.50. The molecule has 0 aliphatic heterocycles. The van der Waals surface area contributed by atoms with E-state index < -0.39 is 15.9 Å². The topological polar surface area (TPSA) is 80.0 Å². The third-order valence-corrected chi connectivity index (χ3v) is 2.56. The summed E-state index contributed by atoms with van der Waals surface area (Å²) in [4.78, 5) is 3.93. The molecule has 5 nitrogen and oxygen atoms in total. The van der Waals surface area contributed by atoms with Gasteiger partial charge in [0.15, 0.2) is 5.75 Å². The van der Waals surface area contributed by atoms with Crippen molar-refractivity contribution in [1.29, 1.82) is 5.26 Å². The Morgan fingerprint density at radius 3 is 2.93 bits per heavy atom. The van der Waals surface area contributed by atoms with E-state index in [4.69, 9.17) is 5.26 Å². The molecule has 0 atom stereocenters. The minimum absolute atomic E-state index is 0.133. The molecule has 1 rings (SSSR count). The fraction of sp³-hybridized carbons (Fsp3) is 0.333. The first kappa shape index (κ1) is 11.6. The zero-order valence-corrected chi connectivity index (χ0v) is 8.99. The number of hydrogen-bond acceptors (Lipinski definition) is 5. The van der Waals surface area contributed by atoms with E-state index in [-0.39, 0.29) is 6.61 Å². The number of nitrogens with zero attached hydrogens (tertiary/aromatic N) is 2. The fourth-order valence-corrected chi connectivity index (χ4v) is 1.49. The summed E-state index contributed by atoms with van der Waals surface area (Å²) < 4.78 is 26.6. The Hall–Kier alpha value is -1.45. The number of aromatic nitrogens is 1. The van der Waals surface area contributed by atoms with Gasteiger partial charge in [-0.1, -0.05) is 0 Å². The smallest absolute Gasteiger partial charge is 0.263 e. The van der Waals surface area contributed by atoms with Crippen LogP contribution in [-0.2, 0) is 20.9 Å². The molecule has 0 aromatic carbocycles. The van der Waals surface area contributed by atoms with Crippen molar-refractivity contribution in [1.82, 2.24) is 4.98 Å². The van der Waals surface area contributed by atoms with E-state index in [0.717, 1.165) is 5.56 Å². The Bertz CT molecular complexity index is 476. The van der Waals surface area contributed by atoms with E-state index in [0.29, 0.717) is 5.69 Å². The Balaban J connectivity index is 2.62. The van der Waals surface area contributed by atoms with Crippen LogP contribution < -0.4 is 0 Å². The van der Waals surface area contributed by atoms with Gasteiger partial charge in [0.25, 0.3) is 10.1 Å². The molecule has 0 N–H and O–H groups in total. The molecule has 0 saturated carbocycles. The summed E-state index contributed by atoms with van der Waals surface area (Å²) in [5.74, 6) is -0.640. The average molecular weight is 226 g/mol. The van der Waals surface area contributed by atoms with Crippen LogP contribution in [-0.4, -0.2) is 19.2 Å². The fourth-order valence-electron chi connectivity index (χ4n) is 0.949. The molecule has 0 aliphatic rings. The molecular weight excluding hydrogens is 216 g/mol. The summed E-state index contributed by atoms with van der Waals surface area (Å²) >= 11 is 0. The van der Waals surface area contributed by atoms with Crippen LogP contribution in [0.3, 0.4) is 0 Å². The van der Waals surface area contributed by atoms with Gasteiger partial charge >= 0.3 is 0 Å². The van der Waals surface area contributed by atoms with Crippen molar-refractivity contribution < 1.29 is 12.6 Å². The largest absolute Gasteiger partial charge is 0.281 e. The molecule has 80 valence electrons. The quantitative estimate of drug-likeness (QED) is 0.708. The van der Waals surface area contributed by atoms with Crippen LogP contribution in [0.5, 0.6) is 0 Å². The van der Waals surface area contributed by atoms with Gasteiger partial charge in [0.05, 0.1) is 11.8 Å². The van der Waals surface area contributed by atoms with Gasteiger partial charge in [-0.05, 0) is 24.6 Å². The van der Waals surface area contributed by atoms with E-state index in [2.05, 4.69) is 9.17 Å². The van der Waals surface area contributed by atoms with E-state index in [9.17, 15) is 8.42 Å². The van der Waals surface area contributed by atoms with Gasteiger partial charge in [-0.25, -0.2) is 0 Å². The van der Waals surface area contributed by atoms with Gasteiger partial charge in [0, 0.05) is 6.20 Å². The number of rotatable bonds is 4. The van der Waals surface area contributed by atoms with Crippen LogP contribution in [0, 0.1) is 18.3 Å². The normalized spacial score (nSPS) is 10.9. The van der Waals surface area contributed by atoms with Crippen LogP contribution in [0.15, 0.2) is 18.3 Å². The summed E-state index contributed by atoms with van der Waals surface area (Å²) in [5, 5.41) is 8.22. The van der Waals surface area contributed by atoms with Gasteiger partial charge < -0.3 is 0 Å². The summed E-state index contributed by atoms with van der Waals surface area (Å²) in [6.07, 6.45) is 1.57. The second-order valence-corrected chi connectivity index (χ2v) is 4.59. The van der Waals surface area contributed by atoms with Crippen LogP contribution in [0.1, 0.15) is 11.3 Å². The highest BCUT2D eigenvalue weighted by molar-refractivity contribution is 7.86. The SMILES string of the molecule is Cc1ccnc(COS(=O)(=O)CC#N)c1. The molecule has 0 amide bonds. The zero-order valence-electron chi connectivity index (χ0n) is 8.17. The minimum atomic E-state index is -3.74. The van der Waals surface area contributed by atoms with Crippen molar-refractivity contribution in [3.8, 4) is 6.07 Å². The van der Waals surface area contributed by atoms with E-state index in [1.807, 2.05) is 6.92 Å². The summed E-state index contributed by atoms with van der Waals surface area (Å²) in [6.45, 7) is 1.74. The Morgan fingerprint density at radius 2 is 2.33 bits per heavy atom. The summed E-state index contributed by atoms with van der Waals surface area (Å²) in [6, 6.07) is 5.05. The third-order valence-electron chi connectivity index (χ3n) is 1.60. The van der Waals surface area contributed by atoms with Gasteiger partial charge in [0.1, 0.15) is 6.61 Å². The highest BCUT2D eigenvalue weighted by Gasteiger charge is 2.10. The minimum Gasteiger partial charge on any atom is -0.263 e. The Labute approximate surface area is 88.5 Å². The first-order chi connectivity index (χ1) is 7.03. The lowest BCUT2D eigenvalue weighted by Gasteiger charge is -2.02. The van der Waals surface area contributed by atoms with Gasteiger partial charge in [-0.3, -0.25) is 9.17 Å². The Kier molecular flexibility index (Phi) is 3.77. The van der Waals surface area contributed by atoms with Crippen LogP contribution in [0.2, 0.25) is 0 Å². The predicted molar refractivity (Wildman–Crippen MR) is 53.2 cm³/mol. The maximum atomic E-state index is 11.0. The lowest BCUT2D eigenvalue weighted by Crippen LogP contribution is -2.09. The first-order valence-electron chi connectivity index (χ1n) is 4.19. The van der Waals surface area contributed by atoms with Gasteiger partial charge in [0.2, 0.25) is 0 Å². The zero-order chi connectivity index (χ0) is 11.3. The van der Waals surface area contributed by atoms with Crippen molar-refractivity contribution in [2.75, 3.05) is 5.75 Å². The first-order valence-corrected chi connectivity index (χ1v) is 5.77. The standard InChI is InChI=1S/C9H10N2O3S/c1-8-2-4-11-9(6-8)7-14-15(12,13)5-3-10/h2,4,6H,5,7H2,1H3. The van der Waals surface area contributed by atoms with Gasteiger partial charge in [-0.2, -0.15) is 13.7 Å². The Morgan fingerprint density at radius 1 is 1.60 bits per heavy atom. The maximum absolute atomic E-state index is 11.0. The number of hydrogen-bond donors (Lipinski definition) is 0. The molecular formula is C9H10N2O3S. The van der Waals surface area contributed by atoms with E-state index >= 15 is 0 Å². The number of nitriles is 1. The van der Waals surface area contributed by atoms with Crippen molar-refractivity contribution >= 4 is 10.1 Å². The molecule has 1 heterocycles. The molecule has 15 heavy (non-hydrogen) atoms. The molecule has 0 fully saturated rings. The molecule has 1 aromatic rings. The molecule has 1 aromatic heterocycles. The molecule has 0 saturated heterocycles. The summed E-state index contributed by atoms with van der Waals surface area (Å²) in [7, 11) is -3.74. The second kappa shape index (κ2) is 4.87. The molecule has 0 radical (unpaired) electrons. The van der Waals surface area contributed by atoms with E-state index in [1.165, 1.54) is 6.07 Å². The third kappa shape index (κ3) is 4.06. The highest BCUT2D eigenvalue weighted by Crippen LogP contribution is 2.04. The highest BCUT2D eigenvalue weighted by atomic mass is 32.2. The second-order valence-electron chi connectivity index (χ2n) is 2.95. The molecule has 6 heteroatoms. The maximum Gasteiger partial charge on any atom is 0.281 e. The molecule has 0 spiro atoms. The van der Waals surface area contributed by atoms with Crippen molar-refractivity contribution in [2.24, 2.45) is 0 Å². The van der Waals surface area contributed by atoms with Crippen LogP contribution in [0.25, 0.3) is 0 Å². The molecule has 0 unspecified atom stereocenters. The van der Waals surface area contributed by atoms with Crippen molar-refractivity contribution in [2.45, 2.75) is 13.5 Å². The van der Waals surface area contributed by atoms with E-state index in [1.54, 1.807) is 18.3 Å².